The third-order valence-electron chi connectivity index (χ3n) is 2.22. The molecule has 4 nitrogen and oxygen atoms in total. The number of aliphatic carboxylic acids is 1. The van der Waals surface area contributed by atoms with E-state index in [9.17, 15) is 4.79 Å². The summed E-state index contributed by atoms with van der Waals surface area (Å²) in [4.78, 5) is 14.7. The number of carboxylic acids is 1. The first kappa shape index (κ1) is 11.0. The van der Waals surface area contributed by atoms with Crippen LogP contribution >= 0.6 is 11.6 Å². The summed E-state index contributed by atoms with van der Waals surface area (Å²) in [5.74, 6) is -0.461. The van der Waals surface area contributed by atoms with Crippen molar-refractivity contribution < 1.29 is 14.6 Å². The van der Waals surface area contributed by atoms with Gasteiger partial charge < -0.3 is 9.84 Å². The first-order chi connectivity index (χ1) is 7.66. The topological polar surface area (TPSA) is 58.9 Å². The molecule has 0 saturated carbocycles. The molecule has 84 valence electrons. The fourth-order valence-corrected chi connectivity index (χ4v) is 1.72. The van der Waals surface area contributed by atoms with Crippen molar-refractivity contribution in [3.05, 3.63) is 34.9 Å². The maximum atomic E-state index is 10.5. The minimum absolute atomic E-state index is 0.0442. The SMILES string of the molecule is O=C(O)CC1CN=C(c2ccccc2Cl)O1. The summed E-state index contributed by atoms with van der Waals surface area (Å²) in [6, 6.07) is 7.19. The average Bonchev–Trinajstić information content (AvgIpc) is 2.66. The summed E-state index contributed by atoms with van der Waals surface area (Å²) in [5, 5.41) is 9.18. The predicted molar refractivity (Wildman–Crippen MR) is 60.0 cm³/mol. The van der Waals surface area contributed by atoms with E-state index in [1.165, 1.54) is 0 Å². The van der Waals surface area contributed by atoms with Crippen molar-refractivity contribution >= 4 is 23.5 Å². The van der Waals surface area contributed by atoms with Crippen molar-refractivity contribution in [1.29, 1.82) is 0 Å². The zero-order valence-corrected chi connectivity index (χ0v) is 9.15. The maximum absolute atomic E-state index is 10.5. The van der Waals surface area contributed by atoms with Crippen LogP contribution in [-0.4, -0.2) is 29.6 Å². The number of ether oxygens (including phenoxy) is 1. The fraction of sp³-hybridized carbons (Fsp3) is 0.273. The molecule has 1 unspecified atom stereocenters. The number of rotatable bonds is 3. The van der Waals surface area contributed by atoms with Crippen LogP contribution in [0.5, 0.6) is 0 Å². The smallest absolute Gasteiger partial charge is 0.307 e. The van der Waals surface area contributed by atoms with Crippen molar-refractivity contribution in [3.63, 3.8) is 0 Å². The summed E-state index contributed by atoms with van der Waals surface area (Å²) in [6.45, 7) is 0.368. The molecule has 5 heteroatoms. The molecule has 0 amide bonds. The predicted octanol–water partition coefficient (Wildman–Crippen LogP) is 1.96. The molecule has 0 radical (unpaired) electrons. The Hall–Kier alpha value is -1.55. The summed E-state index contributed by atoms with van der Waals surface area (Å²) in [6.07, 6.45) is -0.430. The van der Waals surface area contributed by atoms with Crippen LogP contribution in [0.2, 0.25) is 5.02 Å². The molecular formula is C11H10ClNO3. The Morgan fingerprint density at radius 2 is 2.31 bits per heavy atom. The second-order valence-corrected chi connectivity index (χ2v) is 3.87. The van der Waals surface area contributed by atoms with E-state index in [1.807, 2.05) is 12.1 Å². The molecule has 16 heavy (non-hydrogen) atoms. The molecular weight excluding hydrogens is 230 g/mol. The Morgan fingerprint density at radius 1 is 1.56 bits per heavy atom. The van der Waals surface area contributed by atoms with Crippen LogP contribution < -0.4 is 0 Å². The van der Waals surface area contributed by atoms with Gasteiger partial charge in [-0.15, -0.1) is 0 Å². The molecule has 2 rings (SSSR count). The van der Waals surface area contributed by atoms with Crippen molar-refractivity contribution in [1.82, 2.24) is 0 Å². The minimum Gasteiger partial charge on any atom is -0.481 e. The van der Waals surface area contributed by atoms with Crippen LogP contribution in [0.4, 0.5) is 0 Å². The van der Waals surface area contributed by atoms with E-state index in [0.29, 0.717) is 23.0 Å². The van der Waals surface area contributed by atoms with E-state index >= 15 is 0 Å². The van der Waals surface area contributed by atoms with E-state index in [1.54, 1.807) is 12.1 Å². The first-order valence-corrected chi connectivity index (χ1v) is 5.22. The Labute approximate surface area is 97.5 Å². The molecule has 0 spiro atoms. The van der Waals surface area contributed by atoms with Crippen LogP contribution in [0.3, 0.4) is 0 Å². The minimum atomic E-state index is -0.888. The summed E-state index contributed by atoms with van der Waals surface area (Å²) in [5.41, 5.74) is 0.706. The van der Waals surface area contributed by atoms with Crippen LogP contribution in [-0.2, 0) is 9.53 Å². The fourth-order valence-electron chi connectivity index (χ4n) is 1.50. The molecule has 1 aliphatic rings. The largest absolute Gasteiger partial charge is 0.481 e. The maximum Gasteiger partial charge on any atom is 0.307 e. The van der Waals surface area contributed by atoms with Crippen LogP contribution in [0.25, 0.3) is 0 Å². The zero-order valence-electron chi connectivity index (χ0n) is 8.39. The summed E-state index contributed by atoms with van der Waals surface area (Å²) < 4.78 is 5.42. The molecule has 1 aromatic carbocycles. The number of carbonyl (C=O) groups is 1. The summed E-state index contributed by atoms with van der Waals surface area (Å²) in [7, 11) is 0. The van der Waals surface area contributed by atoms with Crippen LogP contribution in [0.1, 0.15) is 12.0 Å². The molecule has 0 saturated heterocycles. The Kier molecular flexibility index (Phi) is 3.10. The standard InChI is InChI=1S/C11H10ClNO3/c12-9-4-2-1-3-8(9)11-13-6-7(16-11)5-10(14)15/h1-4,7H,5-6H2,(H,14,15). The van der Waals surface area contributed by atoms with E-state index < -0.39 is 5.97 Å². The van der Waals surface area contributed by atoms with Gasteiger partial charge in [-0.3, -0.25) is 4.79 Å². The highest BCUT2D eigenvalue weighted by atomic mass is 35.5. The van der Waals surface area contributed by atoms with Crippen molar-refractivity contribution in [3.8, 4) is 0 Å². The highest BCUT2D eigenvalue weighted by Gasteiger charge is 2.24. The molecule has 0 aromatic heterocycles. The monoisotopic (exact) mass is 239 g/mol. The molecule has 0 fully saturated rings. The molecule has 1 aromatic rings. The lowest BCUT2D eigenvalue weighted by Crippen LogP contribution is -2.18. The molecule has 0 bridgehead atoms. The van der Waals surface area contributed by atoms with Gasteiger partial charge in [-0.2, -0.15) is 0 Å². The zero-order chi connectivity index (χ0) is 11.5. The van der Waals surface area contributed by atoms with Gasteiger partial charge >= 0.3 is 5.97 Å². The van der Waals surface area contributed by atoms with E-state index in [2.05, 4.69) is 4.99 Å². The van der Waals surface area contributed by atoms with E-state index in [0.717, 1.165) is 0 Å². The number of nitrogens with zero attached hydrogens (tertiary/aromatic N) is 1. The normalized spacial score (nSPS) is 19.1. The Bertz CT molecular complexity index is 445. The lowest BCUT2D eigenvalue weighted by atomic mass is 10.2. The molecule has 1 heterocycles. The lowest BCUT2D eigenvalue weighted by molar-refractivity contribution is -0.138. The quantitative estimate of drug-likeness (QED) is 0.877. The van der Waals surface area contributed by atoms with Gasteiger partial charge in [0.2, 0.25) is 5.90 Å². The number of carboxylic acid groups (broad SMARTS) is 1. The van der Waals surface area contributed by atoms with Gasteiger partial charge in [0, 0.05) is 0 Å². The van der Waals surface area contributed by atoms with Gasteiger partial charge in [0.05, 0.1) is 23.6 Å². The Balaban J connectivity index is 2.09. The number of halogens is 1. The molecule has 1 aliphatic heterocycles. The second kappa shape index (κ2) is 4.53. The van der Waals surface area contributed by atoms with Crippen LogP contribution in [0.15, 0.2) is 29.3 Å². The highest BCUT2D eigenvalue weighted by Crippen LogP contribution is 2.21. The molecule has 1 atom stereocenters. The Morgan fingerprint density at radius 3 is 3.00 bits per heavy atom. The first-order valence-electron chi connectivity index (χ1n) is 4.84. The second-order valence-electron chi connectivity index (χ2n) is 3.46. The third-order valence-corrected chi connectivity index (χ3v) is 2.55. The molecule has 1 N–H and O–H groups in total. The van der Waals surface area contributed by atoms with Crippen molar-refractivity contribution in [2.45, 2.75) is 12.5 Å². The van der Waals surface area contributed by atoms with Gasteiger partial charge in [0.1, 0.15) is 6.10 Å². The van der Waals surface area contributed by atoms with Gasteiger partial charge in [0.15, 0.2) is 0 Å². The highest BCUT2D eigenvalue weighted by molar-refractivity contribution is 6.33. The number of hydrogen-bond acceptors (Lipinski definition) is 3. The van der Waals surface area contributed by atoms with Gasteiger partial charge in [-0.1, -0.05) is 23.7 Å². The van der Waals surface area contributed by atoms with Crippen molar-refractivity contribution in [2.75, 3.05) is 6.54 Å². The summed E-state index contributed by atoms with van der Waals surface area (Å²) >= 11 is 5.98. The van der Waals surface area contributed by atoms with Crippen molar-refractivity contribution in [2.24, 2.45) is 4.99 Å². The number of aliphatic imine (C=N–C) groups is 1. The lowest BCUT2D eigenvalue weighted by Gasteiger charge is -2.09. The van der Waals surface area contributed by atoms with Gasteiger partial charge in [-0.25, -0.2) is 4.99 Å². The number of benzene rings is 1. The van der Waals surface area contributed by atoms with E-state index in [4.69, 9.17) is 21.4 Å². The van der Waals surface area contributed by atoms with E-state index in [-0.39, 0.29) is 12.5 Å². The van der Waals surface area contributed by atoms with Gasteiger partial charge in [0.25, 0.3) is 0 Å². The van der Waals surface area contributed by atoms with Gasteiger partial charge in [-0.05, 0) is 12.1 Å². The number of hydrogen-bond donors (Lipinski definition) is 1. The third kappa shape index (κ3) is 2.33. The average molecular weight is 240 g/mol. The van der Waals surface area contributed by atoms with Crippen LogP contribution in [0, 0.1) is 0 Å². The molecule has 0 aliphatic carbocycles.